The maximum Gasteiger partial charge on any atom is 0.244 e. The first-order valence-electron chi connectivity index (χ1n) is 6.26. The van der Waals surface area contributed by atoms with Crippen LogP contribution in [0.3, 0.4) is 0 Å². The molecule has 1 aromatic rings. The van der Waals surface area contributed by atoms with Crippen molar-refractivity contribution in [3.63, 3.8) is 0 Å². The van der Waals surface area contributed by atoms with Gasteiger partial charge in [-0.1, -0.05) is 6.92 Å². The molecule has 18 heavy (non-hydrogen) atoms. The Morgan fingerprint density at radius 3 is 2.89 bits per heavy atom. The number of nitrogens with zero attached hydrogens (tertiary/aromatic N) is 2. The molecule has 2 heterocycles. The minimum absolute atomic E-state index is 0.145. The van der Waals surface area contributed by atoms with Crippen molar-refractivity contribution in [3.8, 4) is 0 Å². The molecule has 1 aliphatic rings. The predicted octanol–water partition coefficient (Wildman–Crippen LogP) is 0.429. The largest absolute Gasteiger partial charge is 0.381 e. The van der Waals surface area contributed by atoms with Crippen molar-refractivity contribution in [2.45, 2.75) is 31.7 Å². The SMILES string of the molecule is CCc1nn(C)cc1NC(=O)C1(N)CCOCC1. The van der Waals surface area contributed by atoms with Crippen LogP contribution < -0.4 is 11.1 Å². The lowest BCUT2D eigenvalue weighted by atomic mass is 9.90. The molecule has 6 nitrogen and oxygen atoms in total. The Morgan fingerprint density at radius 1 is 1.61 bits per heavy atom. The Morgan fingerprint density at radius 2 is 2.28 bits per heavy atom. The Balaban J connectivity index is 2.10. The van der Waals surface area contributed by atoms with Crippen LogP contribution in [-0.2, 0) is 23.0 Å². The fraction of sp³-hybridized carbons (Fsp3) is 0.667. The molecule has 100 valence electrons. The van der Waals surface area contributed by atoms with Crippen molar-refractivity contribution in [2.75, 3.05) is 18.5 Å². The van der Waals surface area contributed by atoms with Gasteiger partial charge in [0.25, 0.3) is 0 Å². The summed E-state index contributed by atoms with van der Waals surface area (Å²) in [6.07, 6.45) is 3.69. The lowest BCUT2D eigenvalue weighted by molar-refractivity contribution is -0.124. The van der Waals surface area contributed by atoms with Gasteiger partial charge in [-0.05, 0) is 19.3 Å². The molecule has 0 saturated carbocycles. The van der Waals surface area contributed by atoms with Crippen LogP contribution >= 0.6 is 0 Å². The van der Waals surface area contributed by atoms with E-state index in [1.54, 1.807) is 10.9 Å². The van der Waals surface area contributed by atoms with Crippen molar-refractivity contribution in [1.82, 2.24) is 9.78 Å². The van der Waals surface area contributed by atoms with Crippen LogP contribution in [0.2, 0.25) is 0 Å². The van der Waals surface area contributed by atoms with E-state index in [-0.39, 0.29) is 5.91 Å². The lowest BCUT2D eigenvalue weighted by Gasteiger charge is -2.31. The van der Waals surface area contributed by atoms with Crippen LogP contribution in [0.25, 0.3) is 0 Å². The summed E-state index contributed by atoms with van der Waals surface area (Å²) in [6.45, 7) is 3.08. The first-order chi connectivity index (χ1) is 8.55. The first-order valence-corrected chi connectivity index (χ1v) is 6.26. The van der Waals surface area contributed by atoms with Crippen molar-refractivity contribution < 1.29 is 9.53 Å². The number of aromatic nitrogens is 2. The number of carbonyl (C=O) groups is 1. The molecule has 6 heteroatoms. The van der Waals surface area contributed by atoms with Crippen LogP contribution in [0.4, 0.5) is 5.69 Å². The highest BCUT2D eigenvalue weighted by atomic mass is 16.5. The minimum Gasteiger partial charge on any atom is -0.381 e. The van der Waals surface area contributed by atoms with Crippen molar-refractivity contribution in [2.24, 2.45) is 12.8 Å². The molecule has 2 rings (SSSR count). The topological polar surface area (TPSA) is 82.2 Å². The summed E-state index contributed by atoms with van der Waals surface area (Å²) >= 11 is 0. The average Bonchev–Trinajstić information content (AvgIpc) is 2.70. The van der Waals surface area contributed by atoms with Crippen LogP contribution in [0, 0.1) is 0 Å². The molecule has 0 bridgehead atoms. The molecule has 0 radical (unpaired) electrons. The van der Waals surface area contributed by atoms with Gasteiger partial charge < -0.3 is 15.8 Å². The number of ether oxygens (including phenoxy) is 1. The summed E-state index contributed by atoms with van der Waals surface area (Å²) in [6, 6.07) is 0. The number of hydrogen-bond donors (Lipinski definition) is 2. The third-order valence-electron chi connectivity index (χ3n) is 3.33. The third kappa shape index (κ3) is 2.54. The number of carbonyl (C=O) groups excluding carboxylic acids is 1. The molecule has 1 saturated heterocycles. The molecule has 1 fully saturated rings. The monoisotopic (exact) mass is 252 g/mol. The van der Waals surface area contributed by atoms with E-state index < -0.39 is 5.54 Å². The molecule has 1 aromatic heterocycles. The second kappa shape index (κ2) is 5.07. The third-order valence-corrected chi connectivity index (χ3v) is 3.33. The molecule has 0 atom stereocenters. The number of amides is 1. The predicted molar refractivity (Wildman–Crippen MR) is 68.2 cm³/mol. The number of rotatable bonds is 3. The van der Waals surface area contributed by atoms with E-state index in [9.17, 15) is 4.79 Å². The van der Waals surface area contributed by atoms with Crippen LogP contribution in [0.15, 0.2) is 6.20 Å². The maximum atomic E-state index is 12.2. The first kappa shape index (κ1) is 13.0. The van der Waals surface area contributed by atoms with Gasteiger partial charge in [0.15, 0.2) is 0 Å². The van der Waals surface area contributed by atoms with Crippen LogP contribution in [0.5, 0.6) is 0 Å². The van der Waals surface area contributed by atoms with Gasteiger partial charge in [-0.15, -0.1) is 0 Å². The fourth-order valence-corrected chi connectivity index (χ4v) is 2.11. The van der Waals surface area contributed by atoms with Gasteiger partial charge in [-0.2, -0.15) is 5.10 Å². The molecular formula is C12H20N4O2. The van der Waals surface area contributed by atoms with E-state index in [0.29, 0.717) is 26.1 Å². The molecule has 0 spiro atoms. The van der Waals surface area contributed by atoms with E-state index in [0.717, 1.165) is 17.8 Å². The van der Waals surface area contributed by atoms with Crippen LogP contribution in [0.1, 0.15) is 25.5 Å². The Kier molecular flexibility index (Phi) is 3.68. The Hall–Kier alpha value is -1.40. The lowest BCUT2D eigenvalue weighted by Crippen LogP contribution is -2.54. The maximum absolute atomic E-state index is 12.2. The number of hydrogen-bond acceptors (Lipinski definition) is 4. The average molecular weight is 252 g/mol. The molecule has 1 amide bonds. The van der Waals surface area contributed by atoms with Crippen molar-refractivity contribution >= 4 is 11.6 Å². The summed E-state index contributed by atoms with van der Waals surface area (Å²) < 4.78 is 6.93. The molecule has 0 aromatic carbocycles. The van der Waals surface area contributed by atoms with Crippen LogP contribution in [-0.4, -0.2) is 34.4 Å². The van der Waals surface area contributed by atoms with Crippen molar-refractivity contribution in [3.05, 3.63) is 11.9 Å². The molecule has 3 N–H and O–H groups in total. The molecule has 0 aliphatic carbocycles. The zero-order valence-corrected chi connectivity index (χ0v) is 10.9. The highest BCUT2D eigenvalue weighted by Crippen LogP contribution is 2.21. The summed E-state index contributed by atoms with van der Waals surface area (Å²) in [5.74, 6) is -0.145. The number of aryl methyl sites for hydroxylation is 2. The second-order valence-electron chi connectivity index (χ2n) is 4.74. The quantitative estimate of drug-likeness (QED) is 0.817. The van der Waals surface area contributed by atoms with Crippen molar-refractivity contribution in [1.29, 1.82) is 0 Å². The van der Waals surface area contributed by atoms with Gasteiger partial charge in [-0.3, -0.25) is 9.48 Å². The second-order valence-corrected chi connectivity index (χ2v) is 4.74. The summed E-state index contributed by atoms with van der Waals surface area (Å²) in [7, 11) is 1.83. The smallest absolute Gasteiger partial charge is 0.244 e. The van der Waals surface area contributed by atoms with Gasteiger partial charge in [0, 0.05) is 26.5 Å². The summed E-state index contributed by atoms with van der Waals surface area (Å²) in [5, 5.41) is 7.18. The molecule has 0 unspecified atom stereocenters. The van der Waals surface area contributed by atoms with Gasteiger partial charge in [0.2, 0.25) is 5.91 Å². The Bertz CT molecular complexity index is 435. The summed E-state index contributed by atoms with van der Waals surface area (Å²) in [5.41, 5.74) is 6.94. The van der Waals surface area contributed by atoms with E-state index >= 15 is 0 Å². The van der Waals surface area contributed by atoms with E-state index in [1.807, 2.05) is 14.0 Å². The minimum atomic E-state index is -0.820. The van der Waals surface area contributed by atoms with E-state index in [2.05, 4.69) is 10.4 Å². The summed E-state index contributed by atoms with van der Waals surface area (Å²) in [4.78, 5) is 12.2. The normalized spacial score (nSPS) is 18.6. The number of nitrogens with two attached hydrogens (primary N) is 1. The van der Waals surface area contributed by atoms with Gasteiger partial charge >= 0.3 is 0 Å². The molecular weight excluding hydrogens is 232 g/mol. The van der Waals surface area contributed by atoms with E-state index in [4.69, 9.17) is 10.5 Å². The standard InChI is InChI=1S/C12H20N4O2/c1-3-9-10(8-16(2)15-9)14-11(17)12(13)4-6-18-7-5-12/h8H,3-7,13H2,1-2H3,(H,14,17). The number of nitrogens with one attached hydrogen (secondary N) is 1. The highest BCUT2D eigenvalue weighted by molar-refractivity contribution is 5.98. The Labute approximate surface area is 106 Å². The fourth-order valence-electron chi connectivity index (χ4n) is 2.11. The van der Waals surface area contributed by atoms with Gasteiger partial charge in [0.1, 0.15) is 5.54 Å². The number of anilines is 1. The van der Waals surface area contributed by atoms with Gasteiger partial charge in [0.05, 0.1) is 11.4 Å². The zero-order valence-electron chi connectivity index (χ0n) is 10.9. The highest BCUT2D eigenvalue weighted by Gasteiger charge is 2.36. The zero-order chi connectivity index (χ0) is 13.2. The van der Waals surface area contributed by atoms with E-state index in [1.165, 1.54) is 0 Å². The van der Waals surface area contributed by atoms with Gasteiger partial charge in [-0.25, -0.2) is 0 Å². The molecule has 1 aliphatic heterocycles.